The zero-order chi connectivity index (χ0) is 17.8. The molecular formula is C18H12BrNO5. The van der Waals surface area contributed by atoms with E-state index in [1.807, 2.05) is 30.3 Å². The monoisotopic (exact) mass is 401 g/mol. The Morgan fingerprint density at radius 3 is 2.56 bits per heavy atom. The first-order chi connectivity index (χ1) is 12.1. The number of carbonyl (C=O) groups excluding carboxylic acids is 1. The molecule has 0 aliphatic carbocycles. The Morgan fingerprint density at radius 2 is 1.92 bits per heavy atom. The first kappa shape index (κ1) is 16.9. The van der Waals surface area contributed by atoms with Gasteiger partial charge in [0.05, 0.1) is 15.0 Å². The molecule has 0 aliphatic rings. The minimum atomic E-state index is -0.510. The maximum atomic E-state index is 11.3. The van der Waals surface area contributed by atoms with Gasteiger partial charge in [-0.15, -0.1) is 0 Å². The van der Waals surface area contributed by atoms with Gasteiger partial charge in [-0.25, -0.2) is 0 Å². The fourth-order valence-electron chi connectivity index (χ4n) is 2.30. The first-order valence-electron chi connectivity index (χ1n) is 7.28. The fourth-order valence-corrected chi connectivity index (χ4v) is 2.74. The van der Waals surface area contributed by atoms with Gasteiger partial charge in [0.2, 0.25) is 0 Å². The molecule has 0 bridgehead atoms. The summed E-state index contributed by atoms with van der Waals surface area (Å²) in [5.74, 6) is 0.762. The summed E-state index contributed by atoms with van der Waals surface area (Å²) in [6.07, 6.45) is 0.543. The van der Waals surface area contributed by atoms with Gasteiger partial charge in [0.1, 0.15) is 18.1 Å². The second-order valence-electron chi connectivity index (χ2n) is 5.15. The molecule has 0 aliphatic heterocycles. The molecule has 6 nitrogen and oxygen atoms in total. The quantitative estimate of drug-likeness (QED) is 0.329. The molecule has 0 N–H and O–H groups in total. The fraction of sp³-hybridized carbons (Fsp3) is 0.0556. The van der Waals surface area contributed by atoms with E-state index < -0.39 is 4.92 Å². The predicted molar refractivity (Wildman–Crippen MR) is 94.7 cm³/mol. The van der Waals surface area contributed by atoms with Gasteiger partial charge in [-0.05, 0) is 39.7 Å². The molecule has 3 aromatic rings. The molecule has 0 unspecified atom stereocenters. The normalized spacial score (nSPS) is 10.4. The van der Waals surface area contributed by atoms with Crippen molar-refractivity contribution in [3.05, 3.63) is 80.5 Å². The van der Waals surface area contributed by atoms with Gasteiger partial charge in [-0.2, -0.15) is 0 Å². The van der Waals surface area contributed by atoms with Crippen molar-refractivity contribution in [3.8, 4) is 17.1 Å². The van der Waals surface area contributed by atoms with E-state index in [9.17, 15) is 14.9 Å². The lowest BCUT2D eigenvalue weighted by Crippen LogP contribution is -1.98. The van der Waals surface area contributed by atoms with Gasteiger partial charge >= 0.3 is 0 Å². The van der Waals surface area contributed by atoms with E-state index in [-0.39, 0.29) is 22.8 Å². The van der Waals surface area contributed by atoms with E-state index in [0.29, 0.717) is 23.1 Å². The molecule has 2 aromatic carbocycles. The Kier molecular flexibility index (Phi) is 4.95. The molecule has 0 saturated heterocycles. The number of nitrogens with zero attached hydrogens (tertiary/aromatic N) is 1. The number of benzene rings is 2. The van der Waals surface area contributed by atoms with Crippen molar-refractivity contribution in [1.82, 2.24) is 0 Å². The van der Waals surface area contributed by atoms with E-state index in [1.165, 1.54) is 24.3 Å². The van der Waals surface area contributed by atoms with Crippen LogP contribution in [0, 0.1) is 10.1 Å². The highest BCUT2D eigenvalue weighted by Gasteiger charge is 2.22. The maximum Gasteiger partial charge on any atom is 0.281 e. The maximum absolute atomic E-state index is 11.3. The van der Waals surface area contributed by atoms with Crippen LogP contribution in [0.25, 0.3) is 11.3 Å². The molecule has 7 heteroatoms. The summed E-state index contributed by atoms with van der Waals surface area (Å²) in [7, 11) is 0. The lowest BCUT2D eigenvalue weighted by Gasteiger charge is -2.10. The van der Waals surface area contributed by atoms with Crippen LogP contribution in [0.1, 0.15) is 16.1 Å². The third kappa shape index (κ3) is 3.77. The predicted octanol–water partition coefficient (Wildman–Crippen LogP) is 5.01. The molecule has 0 saturated carbocycles. The number of rotatable bonds is 6. The van der Waals surface area contributed by atoms with Crippen LogP contribution in [0.15, 0.2) is 63.5 Å². The zero-order valence-electron chi connectivity index (χ0n) is 12.8. The number of hydrogen-bond acceptors (Lipinski definition) is 5. The van der Waals surface area contributed by atoms with Gasteiger partial charge in [-0.1, -0.05) is 30.3 Å². The molecule has 0 amide bonds. The van der Waals surface area contributed by atoms with Gasteiger partial charge < -0.3 is 9.15 Å². The molecule has 126 valence electrons. The Bertz CT molecular complexity index is 920. The number of halogens is 1. The van der Waals surface area contributed by atoms with E-state index >= 15 is 0 Å². The Balaban J connectivity index is 1.97. The summed E-state index contributed by atoms with van der Waals surface area (Å²) < 4.78 is 11.6. The van der Waals surface area contributed by atoms with Crippen molar-refractivity contribution in [3.63, 3.8) is 0 Å². The number of nitro groups is 1. The number of furan rings is 1. The van der Waals surface area contributed by atoms with Crippen molar-refractivity contribution in [2.75, 3.05) is 0 Å². The highest BCUT2D eigenvalue weighted by atomic mass is 79.9. The number of carbonyl (C=O) groups is 1. The summed E-state index contributed by atoms with van der Waals surface area (Å²) in [5.41, 5.74) is 1.06. The Hall–Kier alpha value is -2.93. The largest absolute Gasteiger partial charge is 0.488 e. The summed E-state index contributed by atoms with van der Waals surface area (Å²) >= 11 is 3.30. The molecule has 0 radical (unpaired) electrons. The van der Waals surface area contributed by atoms with Crippen molar-refractivity contribution < 1.29 is 18.9 Å². The van der Waals surface area contributed by atoms with Gasteiger partial charge in [0, 0.05) is 6.07 Å². The minimum Gasteiger partial charge on any atom is -0.488 e. The average molecular weight is 402 g/mol. The first-order valence-corrected chi connectivity index (χ1v) is 8.08. The summed E-state index contributed by atoms with van der Waals surface area (Å²) in [5, 5.41) is 11.3. The Labute approximate surface area is 151 Å². The van der Waals surface area contributed by atoms with E-state index in [4.69, 9.17) is 9.15 Å². The lowest BCUT2D eigenvalue weighted by molar-refractivity contribution is -0.384. The lowest BCUT2D eigenvalue weighted by atomic mass is 10.1. The SMILES string of the molecule is O=Cc1ccc(-c2cc(OCc3ccccc3)c(Br)cc2[N+](=O)[O-])o1. The standard InChI is InChI=1S/C18H12BrNO5/c19-15-9-16(20(22)23)14(17-7-6-13(10-21)25-17)8-18(15)24-11-12-4-2-1-3-5-12/h1-10H,11H2. The number of hydrogen-bond donors (Lipinski definition) is 0. The van der Waals surface area contributed by atoms with Crippen molar-refractivity contribution in [2.45, 2.75) is 6.61 Å². The van der Waals surface area contributed by atoms with Crippen molar-refractivity contribution in [2.24, 2.45) is 0 Å². The number of aldehydes is 1. The molecule has 1 heterocycles. The third-order valence-electron chi connectivity index (χ3n) is 3.49. The van der Waals surface area contributed by atoms with Crippen LogP contribution in [0.3, 0.4) is 0 Å². The van der Waals surface area contributed by atoms with Crippen LogP contribution >= 0.6 is 15.9 Å². The van der Waals surface area contributed by atoms with Crippen molar-refractivity contribution >= 4 is 27.9 Å². The number of nitro benzene ring substituents is 1. The van der Waals surface area contributed by atoms with Gasteiger partial charge in [0.15, 0.2) is 12.0 Å². The Morgan fingerprint density at radius 1 is 1.16 bits per heavy atom. The molecule has 0 fully saturated rings. The second kappa shape index (κ2) is 7.31. The van der Waals surface area contributed by atoms with Crippen LogP contribution in [0.5, 0.6) is 5.75 Å². The summed E-state index contributed by atoms with van der Waals surface area (Å²) in [4.78, 5) is 21.6. The third-order valence-corrected chi connectivity index (χ3v) is 4.11. The van der Waals surface area contributed by atoms with Crippen LogP contribution in [0.4, 0.5) is 5.69 Å². The summed E-state index contributed by atoms with van der Waals surface area (Å²) in [6.45, 7) is 0.314. The topological polar surface area (TPSA) is 82.6 Å². The van der Waals surface area contributed by atoms with Crippen molar-refractivity contribution in [1.29, 1.82) is 0 Å². The van der Waals surface area contributed by atoms with E-state index in [0.717, 1.165) is 5.56 Å². The van der Waals surface area contributed by atoms with E-state index in [1.54, 1.807) is 0 Å². The molecule has 3 rings (SSSR count). The number of ether oxygens (including phenoxy) is 1. The highest BCUT2D eigenvalue weighted by molar-refractivity contribution is 9.10. The van der Waals surface area contributed by atoms with Crippen LogP contribution < -0.4 is 4.74 Å². The van der Waals surface area contributed by atoms with Crippen LogP contribution in [0.2, 0.25) is 0 Å². The molecule has 25 heavy (non-hydrogen) atoms. The molecule has 1 aromatic heterocycles. The van der Waals surface area contributed by atoms with Crippen LogP contribution in [-0.2, 0) is 6.61 Å². The minimum absolute atomic E-state index is 0.0963. The molecule has 0 atom stereocenters. The average Bonchev–Trinajstić information content (AvgIpc) is 3.10. The smallest absolute Gasteiger partial charge is 0.281 e. The molecular weight excluding hydrogens is 390 g/mol. The zero-order valence-corrected chi connectivity index (χ0v) is 14.4. The van der Waals surface area contributed by atoms with E-state index in [2.05, 4.69) is 15.9 Å². The van der Waals surface area contributed by atoms with Gasteiger partial charge in [0.25, 0.3) is 5.69 Å². The highest BCUT2D eigenvalue weighted by Crippen LogP contribution is 2.39. The van der Waals surface area contributed by atoms with Crippen LogP contribution in [-0.4, -0.2) is 11.2 Å². The van der Waals surface area contributed by atoms with Gasteiger partial charge in [-0.3, -0.25) is 14.9 Å². The second-order valence-corrected chi connectivity index (χ2v) is 6.01. The summed E-state index contributed by atoms with van der Waals surface area (Å²) in [6, 6.07) is 15.4. The molecule has 0 spiro atoms.